The first-order valence-corrected chi connectivity index (χ1v) is 7.79. The first kappa shape index (κ1) is 18.4. The molecular weight excluding hydrogens is 272 g/mol. The Morgan fingerprint density at radius 2 is 1.45 bits per heavy atom. The van der Waals surface area contributed by atoms with Gasteiger partial charge >= 0.3 is 0 Å². The van der Waals surface area contributed by atoms with Crippen LogP contribution >= 0.6 is 0 Å². The lowest BCUT2D eigenvalue weighted by Gasteiger charge is -2.15. The van der Waals surface area contributed by atoms with E-state index in [0.29, 0.717) is 13.2 Å². The Morgan fingerprint density at radius 3 is 1.95 bits per heavy atom. The summed E-state index contributed by atoms with van der Waals surface area (Å²) in [5.41, 5.74) is 3.69. The third-order valence-electron chi connectivity index (χ3n) is 2.99. The molecule has 0 N–H and O–H groups in total. The topological polar surface area (TPSA) is 18.5 Å². The summed E-state index contributed by atoms with van der Waals surface area (Å²) in [7, 11) is 0. The summed E-state index contributed by atoms with van der Waals surface area (Å²) in [4.78, 5) is 0. The monoisotopic (exact) mass is 300 g/mol. The molecule has 2 heteroatoms. The van der Waals surface area contributed by atoms with E-state index in [9.17, 15) is 0 Å². The zero-order chi connectivity index (χ0) is 16.2. The molecule has 0 spiro atoms. The lowest BCUT2D eigenvalue weighted by molar-refractivity contribution is -0.124. The Morgan fingerprint density at radius 1 is 0.909 bits per heavy atom. The molecular formula is C20H28O2. The fourth-order valence-corrected chi connectivity index (χ4v) is 1.71. The van der Waals surface area contributed by atoms with Gasteiger partial charge in [-0.15, -0.1) is 0 Å². The van der Waals surface area contributed by atoms with Crippen molar-refractivity contribution in [2.24, 2.45) is 0 Å². The van der Waals surface area contributed by atoms with Crippen LogP contribution < -0.4 is 0 Å². The first-order chi connectivity index (χ1) is 10.6. The second-order valence-electron chi connectivity index (χ2n) is 5.71. The third-order valence-corrected chi connectivity index (χ3v) is 2.99. The molecule has 0 heterocycles. The minimum atomic E-state index is -0.217. The Labute approximate surface area is 135 Å². The number of allylic oxidation sites excluding steroid dienone is 2. The van der Waals surface area contributed by atoms with Crippen LogP contribution in [-0.2, 0) is 9.47 Å². The van der Waals surface area contributed by atoms with E-state index in [2.05, 4.69) is 64.1 Å². The van der Waals surface area contributed by atoms with Crippen LogP contribution in [0, 0.1) is 0 Å². The third kappa shape index (κ3) is 9.32. The van der Waals surface area contributed by atoms with Gasteiger partial charge in [0.15, 0.2) is 6.29 Å². The van der Waals surface area contributed by atoms with Crippen molar-refractivity contribution in [3.05, 3.63) is 65.3 Å². The normalized spacial score (nSPS) is 11.0. The highest BCUT2D eigenvalue weighted by Crippen LogP contribution is 2.08. The summed E-state index contributed by atoms with van der Waals surface area (Å²) in [5, 5.41) is 0. The Kier molecular flexibility index (Phi) is 9.20. The number of hydrogen-bond acceptors (Lipinski definition) is 2. The molecule has 0 saturated heterocycles. The maximum Gasteiger partial charge on any atom is 0.161 e. The van der Waals surface area contributed by atoms with Gasteiger partial charge in [0.2, 0.25) is 0 Å². The summed E-state index contributed by atoms with van der Waals surface area (Å²) in [6.45, 7) is 9.44. The molecule has 0 radical (unpaired) electrons. The molecule has 1 aromatic carbocycles. The predicted octanol–water partition coefficient (Wildman–Crippen LogP) is 5.38. The zero-order valence-corrected chi connectivity index (χ0v) is 14.2. The van der Waals surface area contributed by atoms with Gasteiger partial charge in [-0.25, -0.2) is 0 Å². The number of rotatable bonds is 9. The standard InChI is InChI=1S/C20H28O2/c1-17(2)13-15-21-20(22-16-14-18(3)4)12-8-11-19-9-6-5-7-10-19/h5-11,13-14,20H,12,15-16H2,1-4H3/b11-8+. The van der Waals surface area contributed by atoms with E-state index in [4.69, 9.17) is 9.47 Å². The molecule has 2 nitrogen and oxygen atoms in total. The van der Waals surface area contributed by atoms with Crippen LogP contribution in [0.5, 0.6) is 0 Å². The smallest absolute Gasteiger partial charge is 0.161 e. The molecule has 0 amide bonds. The quantitative estimate of drug-likeness (QED) is 0.450. The van der Waals surface area contributed by atoms with Crippen molar-refractivity contribution in [3.8, 4) is 0 Å². The molecule has 0 unspecified atom stereocenters. The molecule has 0 saturated carbocycles. The maximum absolute atomic E-state index is 5.79. The average molecular weight is 300 g/mol. The van der Waals surface area contributed by atoms with Crippen molar-refractivity contribution in [1.29, 1.82) is 0 Å². The first-order valence-electron chi connectivity index (χ1n) is 7.79. The Bertz CT molecular complexity index is 468. The summed E-state index contributed by atoms with van der Waals surface area (Å²) in [5.74, 6) is 0. The van der Waals surface area contributed by atoms with Gasteiger partial charge in [0, 0.05) is 6.42 Å². The summed E-state index contributed by atoms with van der Waals surface area (Å²) in [6, 6.07) is 10.3. The van der Waals surface area contributed by atoms with Crippen LogP contribution in [0.3, 0.4) is 0 Å². The fraction of sp³-hybridized carbons (Fsp3) is 0.400. The largest absolute Gasteiger partial charge is 0.348 e. The van der Waals surface area contributed by atoms with Crippen molar-refractivity contribution < 1.29 is 9.47 Å². The van der Waals surface area contributed by atoms with E-state index in [-0.39, 0.29) is 6.29 Å². The molecule has 0 aliphatic carbocycles. The Balaban J connectivity index is 2.50. The van der Waals surface area contributed by atoms with Gasteiger partial charge in [0.05, 0.1) is 13.2 Å². The van der Waals surface area contributed by atoms with Crippen LogP contribution in [0.1, 0.15) is 39.7 Å². The minimum absolute atomic E-state index is 0.217. The summed E-state index contributed by atoms with van der Waals surface area (Å²) >= 11 is 0. The van der Waals surface area contributed by atoms with E-state index in [1.54, 1.807) is 0 Å². The second-order valence-corrected chi connectivity index (χ2v) is 5.71. The summed E-state index contributed by atoms with van der Waals surface area (Å²) < 4.78 is 11.6. The van der Waals surface area contributed by atoms with Gasteiger partial charge in [-0.1, -0.05) is 65.8 Å². The van der Waals surface area contributed by atoms with Crippen LogP contribution in [-0.4, -0.2) is 19.5 Å². The molecule has 1 rings (SSSR count). The van der Waals surface area contributed by atoms with E-state index in [0.717, 1.165) is 6.42 Å². The fourth-order valence-electron chi connectivity index (χ4n) is 1.71. The molecule has 0 aliphatic heterocycles. The second kappa shape index (κ2) is 11.0. The van der Waals surface area contributed by atoms with Gasteiger partial charge in [-0.2, -0.15) is 0 Å². The molecule has 0 aromatic heterocycles. The zero-order valence-electron chi connectivity index (χ0n) is 14.2. The predicted molar refractivity (Wildman–Crippen MR) is 94.6 cm³/mol. The number of benzene rings is 1. The lowest BCUT2D eigenvalue weighted by Crippen LogP contribution is -2.17. The SMILES string of the molecule is CC(C)=CCOC(C/C=C/c1ccccc1)OCC=C(C)C. The van der Waals surface area contributed by atoms with Crippen LogP contribution in [0.15, 0.2) is 59.7 Å². The minimum Gasteiger partial charge on any atom is -0.348 e. The van der Waals surface area contributed by atoms with Gasteiger partial charge < -0.3 is 9.47 Å². The number of hydrogen-bond donors (Lipinski definition) is 0. The Hall–Kier alpha value is -1.64. The summed E-state index contributed by atoms with van der Waals surface area (Å²) in [6.07, 6.45) is 8.86. The lowest BCUT2D eigenvalue weighted by atomic mass is 10.2. The molecule has 120 valence electrons. The van der Waals surface area contributed by atoms with Gasteiger partial charge in [0.1, 0.15) is 0 Å². The highest BCUT2D eigenvalue weighted by Gasteiger charge is 2.05. The van der Waals surface area contributed by atoms with Crippen LogP contribution in [0.2, 0.25) is 0 Å². The van der Waals surface area contributed by atoms with Crippen molar-refractivity contribution in [2.45, 2.75) is 40.4 Å². The van der Waals surface area contributed by atoms with E-state index < -0.39 is 0 Å². The van der Waals surface area contributed by atoms with E-state index in [1.165, 1.54) is 16.7 Å². The van der Waals surface area contributed by atoms with Crippen molar-refractivity contribution in [2.75, 3.05) is 13.2 Å². The average Bonchev–Trinajstić information content (AvgIpc) is 2.47. The van der Waals surface area contributed by atoms with Gasteiger partial charge in [0.25, 0.3) is 0 Å². The number of ether oxygens (including phenoxy) is 2. The molecule has 22 heavy (non-hydrogen) atoms. The highest BCUT2D eigenvalue weighted by atomic mass is 16.7. The molecule has 0 atom stereocenters. The van der Waals surface area contributed by atoms with E-state index >= 15 is 0 Å². The van der Waals surface area contributed by atoms with Crippen LogP contribution in [0.4, 0.5) is 0 Å². The highest BCUT2D eigenvalue weighted by molar-refractivity contribution is 5.48. The molecule has 0 bridgehead atoms. The molecule has 1 aromatic rings. The van der Waals surface area contributed by atoms with Crippen LogP contribution in [0.25, 0.3) is 6.08 Å². The van der Waals surface area contributed by atoms with Crippen molar-refractivity contribution in [3.63, 3.8) is 0 Å². The molecule has 0 aliphatic rings. The van der Waals surface area contributed by atoms with Crippen molar-refractivity contribution in [1.82, 2.24) is 0 Å². The maximum atomic E-state index is 5.79. The molecule has 0 fully saturated rings. The van der Waals surface area contributed by atoms with E-state index in [1.807, 2.05) is 18.2 Å². The van der Waals surface area contributed by atoms with Crippen molar-refractivity contribution >= 4 is 6.08 Å². The van der Waals surface area contributed by atoms with Gasteiger partial charge in [-0.3, -0.25) is 0 Å². The van der Waals surface area contributed by atoms with Gasteiger partial charge in [-0.05, 0) is 33.3 Å².